The van der Waals surface area contributed by atoms with Gasteiger partial charge in [0.2, 0.25) is 11.8 Å². The second kappa shape index (κ2) is 7.27. The zero-order valence-electron chi connectivity index (χ0n) is 19.2. The van der Waals surface area contributed by atoms with E-state index in [0.717, 1.165) is 16.7 Å². The van der Waals surface area contributed by atoms with Gasteiger partial charge in [-0.25, -0.2) is 9.69 Å². The summed E-state index contributed by atoms with van der Waals surface area (Å²) in [5.41, 5.74) is 1.90. The normalized spacial score (nSPS) is 28.7. The van der Waals surface area contributed by atoms with Crippen molar-refractivity contribution in [2.45, 2.75) is 45.7 Å². The van der Waals surface area contributed by atoms with Crippen molar-refractivity contribution in [1.82, 2.24) is 9.80 Å². The minimum Gasteiger partial charge on any atom is -0.300 e. The standard InChI is InChI=1S/C26H27N3O4/c1-5-26-20-19(22(30)27(6-2)23(20)31)21(17-11-7-15(3)8-12-17)29(26)25(33)28(24(26)32)18-13-9-16(4)10-14-18/h7-14,19-21H,5-6H2,1-4H3/t19?,20?,21?,26-/m1/s1. The number of benzene rings is 2. The van der Waals surface area contributed by atoms with Crippen molar-refractivity contribution in [2.75, 3.05) is 11.4 Å². The smallest absolute Gasteiger partial charge is 0.300 e. The van der Waals surface area contributed by atoms with Gasteiger partial charge in [-0.15, -0.1) is 0 Å². The molecule has 3 fully saturated rings. The van der Waals surface area contributed by atoms with Crippen LogP contribution in [0.1, 0.15) is 43.0 Å². The van der Waals surface area contributed by atoms with Crippen LogP contribution in [-0.2, 0) is 14.4 Å². The fourth-order valence-electron chi connectivity index (χ4n) is 5.94. The van der Waals surface area contributed by atoms with Crippen LogP contribution in [0.25, 0.3) is 0 Å². The first-order chi connectivity index (χ1) is 15.8. The Kier molecular flexibility index (Phi) is 4.71. The average Bonchev–Trinajstić information content (AvgIpc) is 3.33. The van der Waals surface area contributed by atoms with E-state index in [9.17, 15) is 19.2 Å². The van der Waals surface area contributed by atoms with Gasteiger partial charge in [-0.1, -0.05) is 54.4 Å². The molecule has 5 rings (SSSR count). The zero-order valence-corrected chi connectivity index (χ0v) is 19.2. The first-order valence-corrected chi connectivity index (χ1v) is 11.4. The van der Waals surface area contributed by atoms with Crippen LogP contribution in [0.4, 0.5) is 10.5 Å². The molecule has 2 aromatic carbocycles. The van der Waals surface area contributed by atoms with Crippen LogP contribution in [0, 0.1) is 25.7 Å². The molecule has 3 heterocycles. The molecular weight excluding hydrogens is 418 g/mol. The minimum atomic E-state index is -1.39. The van der Waals surface area contributed by atoms with Crippen LogP contribution in [0.3, 0.4) is 0 Å². The second-order valence-corrected chi connectivity index (χ2v) is 9.19. The molecule has 33 heavy (non-hydrogen) atoms. The van der Waals surface area contributed by atoms with Crippen molar-refractivity contribution in [3.63, 3.8) is 0 Å². The summed E-state index contributed by atoms with van der Waals surface area (Å²) >= 11 is 0. The number of rotatable bonds is 4. The van der Waals surface area contributed by atoms with Crippen molar-refractivity contribution in [3.8, 4) is 0 Å². The Labute approximate surface area is 193 Å². The monoisotopic (exact) mass is 445 g/mol. The fraction of sp³-hybridized carbons (Fsp3) is 0.385. The van der Waals surface area contributed by atoms with Crippen LogP contribution < -0.4 is 4.90 Å². The number of fused-ring (bicyclic) bond motifs is 3. The fourth-order valence-corrected chi connectivity index (χ4v) is 5.94. The number of hydrogen-bond acceptors (Lipinski definition) is 4. The van der Waals surface area contributed by atoms with Gasteiger partial charge in [-0.2, -0.15) is 0 Å². The molecule has 170 valence electrons. The summed E-state index contributed by atoms with van der Waals surface area (Å²) < 4.78 is 0. The Morgan fingerprint density at radius 3 is 1.94 bits per heavy atom. The Hall–Kier alpha value is -3.48. The van der Waals surface area contributed by atoms with E-state index in [0.29, 0.717) is 5.69 Å². The van der Waals surface area contributed by atoms with Crippen LogP contribution in [0.2, 0.25) is 0 Å². The molecule has 3 saturated heterocycles. The van der Waals surface area contributed by atoms with E-state index < -0.39 is 35.4 Å². The highest BCUT2D eigenvalue weighted by molar-refractivity contribution is 6.26. The van der Waals surface area contributed by atoms with Crippen LogP contribution in [-0.4, -0.2) is 45.6 Å². The molecule has 2 aromatic rings. The number of nitrogens with zero attached hydrogens (tertiary/aromatic N) is 3. The molecular formula is C26H27N3O4. The van der Waals surface area contributed by atoms with Crippen molar-refractivity contribution < 1.29 is 19.2 Å². The first-order valence-electron chi connectivity index (χ1n) is 11.4. The van der Waals surface area contributed by atoms with Gasteiger partial charge < -0.3 is 4.90 Å². The topological polar surface area (TPSA) is 78.0 Å². The van der Waals surface area contributed by atoms with E-state index in [4.69, 9.17) is 0 Å². The largest absolute Gasteiger partial charge is 0.332 e. The number of anilines is 1. The highest BCUT2D eigenvalue weighted by Crippen LogP contribution is 2.59. The molecule has 7 nitrogen and oxygen atoms in total. The van der Waals surface area contributed by atoms with Crippen molar-refractivity contribution in [1.29, 1.82) is 0 Å². The van der Waals surface area contributed by atoms with E-state index in [2.05, 4.69) is 0 Å². The van der Waals surface area contributed by atoms with Crippen molar-refractivity contribution in [3.05, 3.63) is 65.2 Å². The number of hydrogen-bond donors (Lipinski definition) is 0. The third-order valence-corrected chi connectivity index (χ3v) is 7.54. The van der Waals surface area contributed by atoms with Gasteiger partial charge in [0.25, 0.3) is 5.91 Å². The summed E-state index contributed by atoms with van der Waals surface area (Å²) in [5.74, 6) is -2.76. The highest BCUT2D eigenvalue weighted by Gasteiger charge is 2.76. The number of carbonyl (C=O) groups is 4. The van der Waals surface area contributed by atoms with E-state index >= 15 is 0 Å². The lowest BCUT2D eigenvalue weighted by Gasteiger charge is -2.34. The summed E-state index contributed by atoms with van der Waals surface area (Å²) in [5, 5.41) is 0. The lowest BCUT2D eigenvalue weighted by molar-refractivity contribution is -0.144. The summed E-state index contributed by atoms with van der Waals surface area (Å²) in [6, 6.07) is 13.7. The minimum absolute atomic E-state index is 0.245. The van der Waals surface area contributed by atoms with Gasteiger partial charge in [0.05, 0.1) is 23.6 Å². The van der Waals surface area contributed by atoms with E-state index in [1.54, 1.807) is 19.1 Å². The summed E-state index contributed by atoms with van der Waals surface area (Å²) in [4.78, 5) is 58.8. The SMILES string of the molecule is CCN1C(=O)C2C(c3ccc(C)cc3)N3C(=O)N(c4ccc(C)cc4)C(=O)[C@@]3(CC)C2C1=O. The summed E-state index contributed by atoms with van der Waals surface area (Å²) in [7, 11) is 0. The van der Waals surface area contributed by atoms with E-state index in [-0.39, 0.29) is 24.8 Å². The van der Waals surface area contributed by atoms with E-state index in [1.807, 2.05) is 57.2 Å². The Morgan fingerprint density at radius 1 is 0.818 bits per heavy atom. The molecule has 0 radical (unpaired) electrons. The van der Waals surface area contributed by atoms with Gasteiger partial charge in [0.1, 0.15) is 5.54 Å². The molecule has 0 N–H and O–H groups in total. The van der Waals surface area contributed by atoms with E-state index in [1.165, 1.54) is 14.7 Å². The molecule has 5 amide bonds. The van der Waals surface area contributed by atoms with Crippen LogP contribution in [0.15, 0.2) is 48.5 Å². The van der Waals surface area contributed by atoms with Gasteiger partial charge >= 0.3 is 6.03 Å². The maximum Gasteiger partial charge on any atom is 0.332 e. The number of likely N-dealkylation sites (tertiary alicyclic amines) is 1. The predicted molar refractivity (Wildman–Crippen MR) is 122 cm³/mol. The molecule has 0 bridgehead atoms. The molecule has 0 saturated carbocycles. The maximum atomic E-state index is 14.0. The molecule has 3 unspecified atom stereocenters. The van der Waals surface area contributed by atoms with Gasteiger partial charge in [-0.05, 0) is 44.9 Å². The Morgan fingerprint density at radius 2 is 1.39 bits per heavy atom. The number of imide groups is 2. The van der Waals surface area contributed by atoms with Crippen LogP contribution >= 0.6 is 0 Å². The third-order valence-electron chi connectivity index (χ3n) is 7.54. The predicted octanol–water partition coefficient (Wildman–Crippen LogP) is 3.60. The average molecular weight is 446 g/mol. The summed E-state index contributed by atoms with van der Waals surface area (Å²) in [6.07, 6.45) is 0.250. The molecule has 3 aliphatic rings. The zero-order chi connectivity index (χ0) is 23.7. The van der Waals surface area contributed by atoms with Gasteiger partial charge in [-0.3, -0.25) is 19.3 Å². The van der Waals surface area contributed by atoms with Gasteiger partial charge in [0.15, 0.2) is 0 Å². The Balaban J connectivity index is 1.73. The third kappa shape index (κ3) is 2.62. The Bertz CT molecular complexity index is 1170. The van der Waals surface area contributed by atoms with Crippen molar-refractivity contribution in [2.24, 2.45) is 11.8 Å². The number of carbonyl (C=O) groups excluding carboxylic acids is 4. The lowest BCUT2D eigenvalue weighted by atomic mass is 9.77. The van der Waals surface area contributed by atoms with Gasteiger partial charge in [0, 0.05) is 6.54 Å². The number of amides is 5. The molecule has 0 spiro atoms. The molecule has 3 aliphatic heterocycles. The number of urea groups is 1. The number of aryl methyl sites for hydroxylation is 2. The molecule has 4 atom stereocenters. The maximum absolute atomic E-state index is 14.0. The lowest BCUT2D eigenvalue weighted by Crippen LogP contribution is -2.53. The second-order valence-electron chi connectivity index (χ2n) is 9.19. The first kappa shape index (κ1) is 21.4. The highest BCUT2D eigenvalue weighted by atomic mass is 16.2. The molecule has 7 heteroatoms. The summed E-state index contributed by atoms with van der Waals surface area (Å²) in [6.45, 7) is 7.72. The molecule has 0 aromatic heterocycles. The quantitative estimate of drug-likeness (QED) is 0.532. The van der Waals surface area contributed by atoms with Crippen molar-refractivity contribution >= 4 is 29.4 Å². The molecule has 0 aliphatic carbocycles. The van der Waals surface area contributed by atoms with Crippen LogP contribution in [0.5, 0.6) is 0 Å².